The monoisotopic (exact) mass is 177 g/mol. The number of aliphatic hydroxyl groups is 1. The molecule has 0 aliphatic heterocycles. The lowest BCUT2D eigenvalue weighted by atomic mass is 10.3. The van der Waals surface area contributed by atoms with Gasteiger partial charge in [0.25, 0.3) is 5.91 Å². The van der Waals surface area contributed by atoms with E-state index in [-0.39, 0.29) is 0 Å². The highest BCUT2D eigenvalue weighted by atomic mass is 16.3. The van der Waals surface area contributed by atoms with Crippen LogP contribution in [0.3, 0.4) is 0 Å². The second-order valence-electron chi connectivity index (χ2n) is 2.54. The molecule has 0 saturated carbocycles. The van der Waals surface area contributed by atoms with E-state index in [0.29, 0.717) is 5.69 Å². The molecule has 0 radical (unpaired) electrons. The Kier molecular flexibility index (Phi) is 3.23. The van der Waals surface area contributed by atoms with Crippen molar-refractivity contribution in [2.75, 3.05) is 5.32 Å². The van der Waals surface area contributed by atoms with Crippen LogP contribution in [0, 0.1) is 0 Å². The van der Waals surface area contributed by atoms with Crippen LogP contribution in [0.25, 0.3) is 0 Å². The third kappa shape index (κ3) is 2.72. The van der Waals surface area contributed by atoms with Crippen molar-refractivity contribution in [2.45, 2.75) is 6.10 Å². The summed E-state index contributed by atoms with van der Waals surface area (Å²) in [6, 6.07) is 8.94. The Hall–Kier alpha value is -1.61. The topological polar surface area (TPSA) is 49.3 Å². The van der Waals surface area contributed by atoms with Crippen molar-refractivity contribution in [2.24, 2.45) is 0 Å². The summed E-state index contributed by atoms with van der Waals surface area (Å²) in [5, 5.41) is 11.6. The Morgan fingerprint density at radius 1 is 1.46 bits per heavy atom. The number of rotatable bonds is 3. The van der Waals surface area contributed by atoms with Gasteiger partial charge < -0.3 is 10.4 Å². The molecular weight excluding hydrogens is 166 g/mol. The molecule has 2 N–H and O–H groups in total. The van der Waals surface area contributed by atoms with Crippen LogP contribution in [0.4, 0.5) is 5.69 Å². The van der Waals surface area contributed by atoms with E-state index >= 15 is 0 Å². The van der Waals surface area contributed by atoms with E-state index in [1.807, 2.05) is 6.07 Å². The minimum atomic E-state index is -1.15. The minimum Gasteiger partial charge on any atom is -0.379 e. The summed E-state index contributed by atoms with van der Waals surface area (Å²) in [7, 11) is 0. The van der Waals surface area contributed by atoms with Gasteiger partial charge in [-0.15, -0.1) is 0 Å². The molecule has 13 heavy (non-hydrogen) atoms. The van der Waals surface area contributed by atoms with Crippen molar-refractivity contribution in [3.8, 4) is 0 Å². The lowest BCUT2D eigenvalue weighted by molar-refractivity contribution is -0.121. The third-order valence-corrected chi connectivity index (χ3v) is 1.53. The fourth-order valence-electron chi connectivity index (χ4n) is 0.845. The molecule has 1 aromatic carbocycles. The van der Waals surface area contributed by atoms with E-state index in [1.54, 1.807) is 24.3 Å². The molecule has 0 aromatic heterocycles. The first-order valence-electron chi connectivity index (χ1n) is 3.90. The molecule has 0 fully saturated rings. The number of aliphatic hydroxyl groups excluding tert-OH is 1. The van der Waals surface area contributed by atoms with Crippen molar-refractivity contribution < 1.29 is 9.90 Å². The first-order valence-corrected chi connectivity index (χ1v) is 3.90. The summed E-state index contributed by atoms with van der Waals surface area (Å²) in [5.74, 6) is -0.471. The summed E-state index contributed by atoms with van der Waals surface area (Å²) in [5.41, 5.74) is 0.661. The zero-order valence-electron chi connectivity index (χ0n) is 7.10. The SMILES string of the molecule is C=CC(O)C(=O)Nc1ccccc1. The molecule has 1 rings (SSSR count). The smallest absolute Gasteiger partial charge is 0.257 e. The van der Waals surface area contributed by atoms with Crippen LogP contribution >= 0.6 is 0 Å². The largest absolute Gasteiger partial charge is 0.379 e. The van der Waals surface area contributed by atoms with Crippen molar-refractivity contribution in [1.29, 1.82) is 0 Å². The highest BCUT2D eigenvalue weighted by Gasteiger charge is 2.09. The van der Waals surface area contributed by atoms with Gasteiger partial charge in [0.2, 0.25) is 0 Å². The summed E-state index contributed by atoms with van der Waals surface area (Å²) < 4.78 is 0. The van der Waals surface area contributed by atoms with E-state index in [0.717, 1.165) is 0 Å². The van der Waals surface area contributed by atoms with E-state index in [1.165, 1.54) is 6.08 Å². The van der Waals surface area contributed by atoms with Gasteiger partial charge in [-0.2, -0.15) is 0 Å². The predicted molar refractivity (Wildman–Crippen MR) is 51.3 cm³/mol. The average molecular weight is 177 g/mol. The normalized spacial score (nSPS) is 11.8. The molecule has 0 heterocycles. The second kappa shape index (κ2) is 4.42. The quantitative estimate of drug-likeness (QED) is 0.681. The summed E-state index contributed by atoms with van der Waals surface area (Å²) in [6.07, 6.45) is 0.0263. The molecular formula is C10H11NO2. The maximum atomic E-state index is 11.1. The zero-order valence-corrected chi connectivity index (χ0v) is 7.10. The molecule has 1 aromatic rings. The van der Waals surface area contributed by atoms with Crippen LogP contribution < -0.4 is 5.32 Å². The van der Waals surface area contributed by atoms with E-state index < -0.39 is 12.0 Å². The maximum Gasteiger partial charge on any atom is 0.257 e. The molecule has 68 valence electrons. The van der Waals surface area contributed by atoms with E-state index in [9.17, 15) is 4.79 Å². The van der Waals surface area contributed by atoms with E-state index in [4.69, 9.17) is 5.11 Å². The number of para-hydroxylation sites is 1. The Bertz CT molecular complexity index is 295. The van der Waals surface area contributed by atoms with Crippen molar-refractivity contribution in [1.82, 2.24) is 0 Å². The van der Waals surface area contributed by atoms with Crippen molar-refractivity contribution in [3.05, 3.63) is 43.0 Å². The lowest BCUT2D eigenvalue weighted by Gasteiger charge is -2.06. The molecule has 0 spiro atoms. The zero-order chi connectivity index (χ0) is 9.68. The second-order valence-corrected chi connectivity index (χ2v) is 2.54. The summed E-state index contributed by atoms with van der Waals surface area (Å²) in [6.45, 7) is 3.31. The van der Waals surface area contributed by atoms with Crippen LogP contribution in [-0.2, 0) is 4.79 Å². The Morgan fingerprint density at radius 3 is 2.62 bits per heavy atom. The van der Waals surface area contributed by atoms with Crippen molar-refractivity contribution >= 4 is 11.6 Å². The van der Waals surface area contributed by atoms with Gasteiger partial charge in [0.1, 0.15) is 0 Å². The molecule has 1 amide bonds. The van der Waals surface area contributed by atoms with Crippen LogP contribution in [0.2, 0.25) is 0 Å². The van der Waals surface area contributed by atoms with Crippen molar-refractivity contribution in [3.63, 3.8) is 0 Å². The molecule has 0 saturated heterocycles. The highest BCUT2D eigenvalue weighted by molar-refractivity contribution is 5.95. The van der Waals surface area contributed by atoms with Gasteiger partial charge in [-0.05, 0) is 12.1 Å². The number of hydrogen-bond donors (Lipinski definition) is 2. The van der Waals surface area contributed by atoms with Crippen LogP contribution in [0.1, 0.15) is 0 Å². The van der Waals surface area contributed by atoms with Gasteiger partial charge in [-0.25, -0.2) is 0 Å². The van der Waals surface area contributed by atoms with Crippen LogP contribution in [-0.4, -0.2) is 17.1 Å². The molecule has 3 heteroatoms. The molecule has 1 atom stereocenters. The fraction of sp³-hybridized carbons (Fsp3) is 0.100. The van der Waals surface area contributed by atoms with Gasteiger partial charge in [0.15, 0.2) is 6.10 Å². The predicted octanol–water partition coefficient (Wildman–Crippen LogP) is 1.17. The number of benzene rings is 1. The molecule has 0 aliphatic rings. The molecule has 1 unspecified atom stereocenters. The lowest BCUT2D eigenvalue weighted by Crippen LogP contribution is -2.25. The minimum absolute atomic E-state index is 0.471. The number of anilines is 1. The molecule has 3 nitrogen and oxygen atoms in total. The van der Waals surface area contributed by atoms with E-state index in [2.05, 4.69) is 11.9 Å². The van der Waals surface area contributed by atoms with Gasteiger partial charge in [0.05, 0.1) is 0 Å². The number of carbonyl (C=O) groups excluding carboxylic acids is 1. The first-order chi connectivity index (χ1) is 6.24. The number of nitrogens with one attached hydrogen (secondary N) is 1. The maximum absolute atomic E-state index is 11.1. The third-order valence-electron chi connectivity index (χ3n) is 1.53. The van der Waals surface area contributed by atoms with Gasteiger partial charge in [-0.1, -0.05) is 30.9 Å². The fourth-order valence-corrected chi connectivity index (χ4v) is 0.845. The highest BCUT2D eigenvalue weighted by Crippen LogP contribution is 2.05. The van der Waals surface area contributed by atoms with Gasteiger partial charge >= 0.3 is 0 Å². The molecule has 0 aliphatic carbocycles. The Labute approximate surface area is 76.7 Å². The number of hydrogen-bond acceptors (Lipinski definition) is 2. The van der Waals surface area contributed by atoms with Gasteiger partial charge in [0, 0.05) is 5.69 Å². The average Bonchev–Trinajstić information content (AvgIpc) is 2.18. The van der Waals surface area contributed by atoms with Crippen LogP contribution in [0.5, 0.6) is 0 Å². The number of carbonyl (C=O) groups is 1. The standard InChI is InChI=1S/C10H11NO2/c1-2-9(12)10(13)11-8-6-4-3-5-7-8/h2-7,9,12H,1H2,(H,11,13). The summed E-state index contributed by atoms with van der Waals surface area (Å²) >= 11 is 0. The Balaban J connectivity index is 2.60. The summed E-state index contributed by atoms with van der Waals surface area (Å²) in [4.78, 5) is 11.1. The number of amides is 1. The van der Waals surface area contributed by atoms with Crippen LogP contribution in [0.15, 0.2) is 43.0 Å². The molecule has 0 bridgehead atoms. The van der Waals surface area contributed by atoms with Gasteiger partial charge in [-0.3, -0.25) is 4.79 Å². The Morgan fingerprint density at radius 2 is 2.08 bits per heavy atom. The first kappa shape index (κ1) is 9.48.